The lowest BCUT2D eigenvalue weighted by Crippen LogP contribution is -2.54. The number of amides is 1. The van der Waals surface area contributed by atoms with E-state index in [1.165, 1.54) is 34.5 Å². The molecule has 0 aliphatic carbocycles. The molecule has 13 heteroatoms. The zero-order chi connectivity index (χ0) is 31.5. The first-order valence-electron chi connectivity index (χ1n) is 14.6. The molecule has 0 saturated carbocycles. The number of ether oxygens (including phenoxy) is 2. The maximum absolute atomic E-state index is 12.2. The van der Waals surface area contributed by atoms with Crippen molar-refractivity contribution in [2.24, 2.45) is 11.8 Å². The van der Waals surface area contributed by atoms with Crippen LogP contribution in [-0.4, -0.2) is 75.6 Å². The van der Waals surface area contributed by atoms with Gasteiger partial charge in [-0.15, -0.1) is 0 Å². The number of aliphatic hydroxyl groups is 3. The summed E-state index contributed by atoms with van der Waals surface area (Å²) >= 11 is 0. The lowest BCUT2D eigenvalue weighted by Gasteiger charge is -2.39. The van der Waals surface area contributed by atoms with Crippen LogP contribution in [0.15, 0.2) is 34.0 Å². The highest BCUT2D eigenvalue weighted by atomic mass is 32.9. The molecule has 1 amide bonds. The van der Waals surface area contributed by atoms with Gasteiger partial charge < -0.3 is 35.1 Å². The van der Waals surface area contributed by atoms with Crippen LogP contribution in [0.1, 0.15) is 65.7 Å². The third-order valence-electron chi connectivity index (χ3n) is 7.60. The summed E-state index contributed by atoms with van der Waals surface area (Å²) in [4.78, 5) is 51.3. The van der Waals surface area contributed by atoms with Crippen LogP contribution in [0, 0.1) is 11.8 Å². The van der Waals surface area contributed by atoms with Gasteiger partial charge in [0.2, 0.25) is 5.91 Å². The smallest absolute Gasteiger partial charge is 0.330 e. The van der Waals surface area contributed by atoms with E-state index in [-0.39, 0.29) is 42.0 Å². The average Bonchev–Trinajstić information content (AvgIpc) is 3.53. The fourth-order valence-corrected chi connectivity index (χ4v) is 6.89. The van der Waals surface area contributed by atoms with E-state index in [0.29, 0.717) is 31.4 Å². The van der Waals surface area contributed by atoms with Gasteiger partial charge in [0.25, 0.3) is 5.56 Å². The zero-order valence-electron chi connectivity index (χ0n) is 24.7. The molecule has 1 fully saturated rings. The van der Waals surface area contributed by atoms with Gasteiger partial charge in [-0.2, -0.15) is 0 Å². The van der Waals surface area contributed by atoms with Crippen LogP contribution >= 0.6 is 20.7 Å². The van der Waals surface area contributed by atoms with Gasteiger partial charge >= 0.3 is 5.97 Å². The number of unbranched alkanes of at least 4 members (excludes halogenated alkanes) is 4. The van der Waals surface area contributed by atoms with Gasteiger partial charge in [0, 0.05) is 29.7 Å². The molecule has 0 spiro atoms. The van der Waals surface area contributed by atoms with Gasteiger partial charge in [0.15, 0.2) is 0 Å². The van der Waals surface area contributed by atoms with Crippen LogP contribution in [0.4, 0.5) is 5.69 Å². The molecular weight excluding hydrogens is 596 g/mol. The van der Waals surface area contributed by atoms with Crippen LogP contribution in [-0.2, 0) is 23.9 Å². The Morgan fingerprint density at radius 3 is 2.63 bits per heavy atom. The predicted molar refractivity (Wildman–Crippen MR) is 165 cm³/mol. The first-order chi connectivity index (χ1) is 20.5. The highest BCUT2D eigenvalue weighted by Gasteiger charge is 2.41. The van der Waals surface area contributed by atoms with E-state index in [9.17, 15) is 34.5 Å². The Kier molecular flexibility index (Phi) is 13.7. The van der Waals surface area contributed by atoms with Gasteiger partial charge in [-0.25, -0.2) is 4.79 Å². The molecule has 0 bridgehead atoms. The molecular formula is C30H42N2O9S2. The summed E-state index contributed by atoms with van der Waals surface area (Å²) in [5.74, 6) is -1.41. The normalized spacial score (nSPS) is 22.5. The summed E-state index contributed by atoms with van der Waals surface area (Å²) in [6.07, 6.45) is 4.34. The number of H-pyrrole nitrogens is 1. The molecule has 3 aliphatic rings. The van der Waals surface area contributed by atoms with Crippen molar-refractivity contribution < 1.29 is 39.2 Å². The number of ketones is 1. The Morgan fingerprint density at radius 2 is 1.88 bits per heavy atom. The molecule has 11 nitrogen and oxygen atoms in total. The average molecular weight is 639 g/mol. The maximum atomic E-state index is 12.2. The lowest BCUT2D eigenvalue weighted by molar-refractivity contribution is -0.187. The van der Waals surface area contributed by atoms with E-state index in [1.54, 1.807) is 19.1 Å². The van der Waals surface area contributed by atoms with Crippen LogP contribution in [0.3, 0.4) is 0 Å². The van der Waals surface area contributed by atoms with Crippen molar-refractivity contribution in [1.29, 1.82) is 0 Å². The second kappa shape index (κ2) is 17.0. The molecule has 238 valence electrons. The second-order valence-electron chi connectivity index (χ2n) is 11.0. The quantitative estimate of drug-likeness (QED) is 0.0604. The first-order valence-corrected chi connectivity index (χ1v) is 16.8. The number of aliphatic hydroxyl groups excluding tert-OH is 3. The van der Waals surface area contributed by atoms with Crippen LogP contribution < -0.4 is 10.9 Å². The third kappa shape index (κ3) is 10.2. The summed E-state index contributed by atoms with van der Waals surface area (Å²) in [6.45, 7) is 5.12. The van der Waals surface area contributed by atoms with Gasteiger partial charge in [-0.3, -0.25) is 14.4 Å². The van der Waals surface area contributed by atoms with Gasteiger partial charge in [-0.05, 0) is 38.7 Å². The number of Topliss-reactive ketones (excluding diaryl/α,β-unsaturated/α-hetero) is 1. The number of anilines is 1. The minimum atomic E-state index is -1.35. The molecule has 3 rings (SSSR count). The van der Waals surface area contributed by atoms with Crippen molar-refractivity contribution in [3.8, 4) is 10.6 Å². The number of fused-ring (bicyclic) bond motifs is 1. The van der Waals surface area contributed by atoms with Crippen molar-refractivity contribution in [3.05, 3.63) is 39.5 Å². The van der Waals surface area contributed by atoms with E-state index in [1.807, 2.05) is 5.38 Å². The number of hydrogen-bond acceptors (Lipinski definition) is 11. The number of hydrogen-bond donors (Lipinski definition) is 5. The Bertz CT molecular complexity index is 1300. The van der Waals surface area contributed by atoms with Gasteiger partial charge in [0.1, 0.15) is 29.8 Å². The number of rotatable bonds is 16. The number of carbonyl (C=O) groups is 3. The molecule has 5 N–H and O–H groups in total. The highest BCUT2D eigenvalue weighted by Crippen LogP contribution is 2.35. The van der Waals surface area contributed by atoms with E-state index >= 15 is 0 Å². The Labute approximate surface area is 258 Å². The lowest BCUT2D eigenvalue weighted by atomic mass is 9.86. The number of aromatic amines is 1. The van der Waals surface area contributed by atoms with Crippen molar-refractivity contribution in [1.82, 2.24) is 4.98 Å². The van der Waals surface area contributed by atoms with E-state index in [4.69, 9.17) is 9.47 Å². The summed E-state index contributed by atoms with van der Waals surface area (Å²) < 4.78 is 10.9. The Balaban J connectivity index is 1.29. The van der Waals surface area contributed by atoms with E-state index in [0.717, 1.165) is 35.9 Å². The highest BCUT2D eigenvalue weighted by molar-refractivity contribution is 7.70. The summed E-state index contributed by atoms with van der Waals surface area (Å²) in [5.41, 5.74) is 1.02. The number of carbonyl (C=O) groups excluding carboxylic acids is 3. The molecule has 43 heavy (non-hydrogen) atoms. The molecule has 0 aromatic carbocycles. The second-order valence-corrected chi connectivity index (χ2v) is 13.1. The molecule has 0 aromatic rings. The molecule has 0 radical (unpaired) electrons. The fourth-order valence-electron chi connectivity index (χ4n) is 4.73. The predicted octanol–water partition coefficient (Wildman–Crippen LogP) is 3.64. The minimum absolute atomic E-state index is 0.0324. The topological polar surface area (TPSA) is 175 Å². The fraction of sp³-hybridized carbons (Fsp3) is 0.600. The monoisotopic (exact) mass is 638 g/mol. The Hall–Kier alpha value is -2.68. The minimum Gasteiger partial charge on any atom is -0.463 e. The number of nitrogens with one attached hydrogen (secondary N) is 2. The molecule has 6 atom stereocenters. The van der Waals surface area contributed by atoms with Gasteiger partial charge in [0.05, 0.1) is 29.9 Å². The molecule has 0 aromatic heterocycles. The SMILES string of the molecule is CC(=O)[C@H](C)/C=C/C[C@H]1CO[C@@H](C(O)/C(C)=C/C(=O)OCCCCCCCC(=O)Nc2c3sscc-3[nH]c2=O)[C@H](O)[C@@H]1O. The Morgan fingerprint density at radius 1 is 1.16 bits per heavy atom. The van der Waals surface area contributed by atoms with Crippen molar-refractivity contribution in [3.63, 3.8) is 0 Å². The first kappa shape index (κ1) is 34.8. The largest absolute Gasteiger partial charge is 0.463 e. The number of esters is 1. The third-order valence-corrected chi connectivity index (χ3v) is 9.70. The van der Waals surface area contributed by atoms with E-state index < -0.39 is 36.3 Å². The molecule has 1 saturated heterocycles. The number of allylic oxidation sites excluding steroid dienone is 2. The molecule has 3 heterocycles. The molecule has 1 unspecified atom stereocenters. The van der Waals surface area contributed by atoms with E-state index in [2.05, 4.69) is 10.3 Å². The summed E-state index contributed by atoms with van der Waals surface area (Å²) in [7, 11) is 2.94. The van der Waals surface area contributed by atoms with Crippen LogP contribution in [0.5, 0.6) is 0 Å². The van der Waals surface area contributed by atoms with Crippen LogP contribution in [0.25, 0.3) is 10.6 Å². The maximum Gasteiger partial charge on any atom is 0.330 e. The van der Waals surface area contributed by atoms with Crippen molar-refractivity contribution >= 4 is 44.0 Å². The summed E-state index contributed by atoms with van der Waals surface area (Å²) in [6, 6.07) is 0. The van der Waals surface area contributed by atoms with Crippen LogP contribution in [0.2, 0.25) is 0 Å². The van der Waals surface area contributed by atoms with Crippen molar-refractivity contribution in [2.45, 2.75) is 90.1 Å². The number of aromatic nitrogens is 1. The molecule has 3 aliphatic heterocycles. The van der Waals surface area contributed by atoms with Gasteiger partial charge in [-0.1, -0.05) is 59.0 Å². The zero-order valence-corrected chi connectivity index (χ0v) is 26.4. The standard InChI is InChI=1S/C30H42N2O9S2/c1-17(19(3)33)10-9-11-20-15-41-28(27(38)26(20)37)25(36)18(2)14-23(35)40-13-8-6-4-5-7-12-22(34)32-24-29-21(16-42-43-29)31-30(24)39/h9-10,14,16-17,20,25-28,36-38H,4-8,11-13,15H2,1-3H3,(H,31,39)(H,32,34)/b10-9+,18-14+/t17-,20+,25?,26-,27-,28+/m1/s1. The van der Waals surface area contributed by atoms with Crippen molar-refractivity contribution in [2.75, 3.05) is 18.5 Å². The summed E-state index contributed by atoms with van der Waals surface area (Å²) in [5, 5.41) is 36.3.